The summed E-state index contributed by atoms with van der Waals surface area (Å²) in [7, 11) is 0. The molecular weight excluding hydrogens is 230 g/mol. The first kappa shape index (κ1) is 13.0. The summed E-state index contributed by atoms with van der Waals surface area (Å²) in [6.45, 7) is 0.330. The summed E-state index contributed by atoms with van der Waals surface area (Å²) in [6, 6.07) is 3.56. The van der Waals surface area contributed by atoms with Crippen LogP contribution in [0.5, 0.6) is 0 Å². The van der Waals surface area contributed by atoms with Crippen molar-refractivity contribution in [3.05, 3.63) is 29.6 Å². The van der Waals surface area contributed by atoms with Gasteiger partial charge in [-0.1, -0.05) is 0 Å². The van der Waals surface area contributed by atoms with Gasteiger partial charge in [0.2, 0.25) is 0 Å². The van der Waals surface area contributed by atoms with Crippen LogP contribution in [0.2, 0.25) is 0 Å². The zero-order valence-corrected chi connectivity index (χ0v) is 10.3. The van der Waals surface area contributed by atoms with E-state index in [1.807, 2.05) is 0 Å². The van der Waals surface area contributed by atoms with Crippen LogP contribution < -0.4 is 11.1 Å². The third-order valence-corrected chi connectivity index (χ3v) is 3.32. The fraction of sp³-hybridized carbons (Fsp3) is 0.538. The molecule has 4 N–H and O–H groups in total. The second-order valence-corrected chi connectivity index (χ2v) is 4.72. The normalized spacial score (nSPS) is 23.7. The van der Waals surface area contributed by atoms with E-state index in [4.69, 9.17) is 5.73 Å². The maximum Gasteiger partial charge on any atom is 0.251 e. The van der Waals surface area contributed by atoms with Crippen LogP contribution in [0.25, 0.3) is 0 Å². The van der Waals surface area contributed by atoms with Gasteiger partial charge in [0.1, 0.15) is 0 Å². The van der Waals surface area contributed by atoms with Gasteiger partial charge in [-0.15, -0.1) is 0 Å². The summed E-state index contributed by atoms with van der Waals surface area (Å²) in [4.78, 5) is 16.1. The van der Waals surface area contributed by atoms with Crippen LogP contribution in [0.3, 0.4) is 0 Å². The van der Waals surface area contributed by atoms with Gasteiger partial charge in [0.15, 0.2) is 0 Å². The first-order valence-corrected chi connectivity index (χ1v) is 6.33. The van der Waals surface area contributed by atoms with Gasteiger partial charge in [0, 0.05) is 24.3 Å². The van der Waals surface area contributed by atoms with Gasteiger partial charge in [-0.3, -0.25) is 9.78 Å². The molecule has 98 valence electrons. The lowest BCUT2D eigenvalue weighted by molar-refractivity contribution is 0.0867. The number of aliphatic hydroxyl groups excluding tert-OH is 1. The Labute approximate surface area is 106 Å². The van der Waals surface area contributed by atoms with E-state index in [1.54, 1.807) is 18.3 Å². The molecule has 1 aliphatic rings. The highest BCUT2D eigenvalue weighted by molar-refractivity contribution is 5.94. The van der Waals surface area contributed by atoms with Crippen LogP contribution >= 0.6 is 0 Å². The average molecular weight is 249 g/mol. The van der Waals surface area contributed by atoms with Crippen molar-refractivity contribution in [2.24, 2.45) is 5.73 Å². The first-order valence-electron chi connectivity index (χ1n) is 6.33. The molecule has 1 amide bonds. The number of aromatic nitrogens is 1. The molecule has 0 radical (unpaired) electrons. The van der Waals surface area contributed by atoms with E-state index >= 15 is 0 Å². The number of rotatable bonds is 3. The standard InChI is InChI=1S/C13H19N3O2/c14-8-11-7-9(5-6-15-11)13(18)16-10-1-3-12(17)4-2-10/h5-7,10,12,17H,1-4,8,14H2,(H,16,18). The molecule has 5 heteroatoms. The number of amides is 1. The fourth-order valence-corrected chi connectivity index (χ4v) is 2.22. The third-order valence-electron chi connectivity index (χ3n) is 3.32. The highest BCUT2D eigenvalue weighted by Crippen LogP contribution is 2.18. The van der Waals surface area contributed by atoms with Crippen molar-refractivity contribution in [3.63, 3.8) is 0 Å². The molecule has 1 aliphatic carbocycles. The molecule has 5 nitrogen and oxygen atoms in total. The number of aliphatic hydroxyl groups is 1. The van der Waals surface area contributed by atoms with Crippen molar-refractivity contribution in [1.82, 2.24) is 10.3 Å². The van der Waals surface area contributed by atoms with Crippen LogP contribution in [-0.4, -0.2) is 28.1 Å². The summed E-state index contributed by atoms with van der Waals surface area (Å²) in [5, 5.41) is 12.4. The number of hydrogen-bond donors (Lipinski definition) is 3. The highest BCUT2D eigenvalue weighted by atomic mass is 16.3. The van der Waals surface area contributed by atoms with Gasteiger partial charge in [0.05, 0.1) is 11.8 Å². The Morgan fingerprint density at radius 2 is 2.17 bits per heavy atom. The van der Waals surface area contributed by atoms with Gasteiger partial charge in [-0.25, -0.2) is 0 Å². The number of nitrogens with one attached hydrogen (secondary N) is 1. The van der Waals surface area contributed by atoms with E-state index in [1.165, 1.54) is 0 Å². The molecule has 1 saturated carbocycles. The second-order valence-electron chi connectivity index (χ2n) is 4.72. The van der Waals surface area contributed by atoms with Crippen molar-refractivity contribution in [3.8, 4) is 0 Å². The molecule has 0 aromatic carbocycles. The maximum absolute atomic E-state index is 12.0. The van der Waals surface area contributed by atoms with E-state index in [-0.39, 0.29) is 18.1 Å². The van der Waals surface area contributed by atoms with E-state index in [2.05, 4.69) is 10.3 Å². The Bertz CT molecular complexity index is 414. The van der Waals surface area contributed by atoms with Gasteiger partial charge >= 0.3 is 0 Å². The molecule has 2 rings (SSSR count). The summed E-state index contributed by atoms with van der Waals surface area (Å²) in [5.74, 6) is -0.0894. The second kappa shape index (κ2) is 5.93. The molecule has 0 saturated heterocycles. The van der Waals surface area contributed by atoms with Crippen LogP contribution in [-0.2, 0) is 6.54 Å². The molecule has 0 unspecified atom stereocenters. The number of pyridine rings is 1. The largest absolute Gasteiger partial charge is 0.393 e. The number of nitrogens with zero attached hydrogens (tertiary/aromatic N) is 1. The minimum atomic E-state index is -0.206. The number of nitrogens with two attached hydrogens (primary N) is 1. The zero-order chi connectivity index (χ0) is 13.0. The first-order chi connectivity index (χ1) is 8.69. The minimum Gasteiger partial charge on any atom is -0.393 e. The molecule has 1 heterocycles. The zero-order valence-electron chi connectivity index (χ0n) is 10.3. The highest BCUT2D eigenvalue weighted by Gasteiger charge is 2.21. The van der Waals surface area contributed by atoms with Crippen molar-refractivity contribution >= 4 is 5.91 Å². The SMILES string of the molecule is NCc1cc(C(=O)NC2CCC(O)CC2)ccn1. The predicted octanol–water partition coefficient (Wildman–Crippen LogP) is 0.574. The lowest BCUT2D eigenvalue weighted by atomic mass is 9.93. The lowest BCUT2D eigenvalue weighted by Crippen LogP contribution is -2.38. The van der Waals surface area contributed by atoms with Crippen LogP contribution in [0.1, 0.15) is 41.7 Å². The average Bonchev–Trinajstić information content (AvgIpc) is 2.41. The lowest BCUT2D eigenvalue weighted by Gasteiger charge is -2.26. The molecule has 0 atom stereocenters. The van der Waals surface area contributed by atoms with E-state index in [0.29, 0.717) is 17.8 Å². The Morgan fingerprint density at radius 1 is 1.44 bits per heavy atom. The summed E-state index contributed by atoms with van der Waals surface area (Å²) in [6.07, 6.45) is 4.58. The van der Waals surface area contributed by atoms with Crippen molar-refractivity contribution in [2.75, 3.05) is 0 Å². The van der Waals surface area contributed by atoms with Gasteiger partial charge in [-0.05, 0) is 37.8 Å². The van der Waals surface area contributed by atoms with Crippen LogP contribution in [0.4, 0.5) is 0 Å². The molecule has 0 spiro atoms. The van der Waals surface area contributed by atoms with E-state index in [0.717, 1.165) is 25.7 Å². The van der Waals surface area contributed by atoms with Crippen LogP contribution in [0.15, 0.2) is 18.3 Å². The van der Waals surface area contributed by atoms with Crippen molar-refractivity contribution < 1.29 is 9.90 Å². The predicted molar refractivity (Wildman–Crippen MR) is 67.9 cm³/mol. The Hall–Kier alpha value is -1.46. The topological polar surface area (TPSA) is 88.2 Å². The van der Waals surface area contributed by atoms with Crippen molar-refractivity contribution in [1.29, 1.82) is 0 Å². The Balaban J connectivity index is 1.94. The van der Waals surface area contributed by atoms with E-state index < -0.39 is 0 Å². The summed E-state index contributed by atoms with van der Waals surface area (Å²) < 4.78 is 0. The molecule has 1 aromatic rings. The monoisotopic (exact) mass is 249 g/mol. The maximum atomic E-state index is 12.0. The molecule has 1 aromatic heterocycles. The molecular formula is C13H19N3O2. The summed E-state index contributed by atoms with van der Waals surface area (Å²) >= 11 is 0. The van der Waals surface area contributed by atoms with Crippen molar-refractivity contribution in [2.45, 2.75) is 44.4 Å². The minimum absolute atomic E-state index is 0.0894. The molecule has 1 fully saturated rings. The Morgan fingerprint density at radius 3 is 2.83 bits per heavy atom. The number of carbonyl (C=O) groups excluding carboxylic acids is 1. The summed E-state index contributed by atoms with van der Waals surface area (Å²) in [5.41, 5.74) is 6.80. The molecule has 18 heavy (non-hydrogen) atoms. The number of hydrogen-bond acceptors (Lipinski definition) is 4. The number of carbonyl (C=O) groups is 1. The molecule has 0 aliphatic heterocycles. The van der Waals surface area contributed by atoms with Gasteiger partial charge in [0.25, 0.3) is 5.91 Å². The quantitative estimate of drug-likeness (QED) is 0.731. The third kappa shape index (κ3) is 3.27. The smallest absolute Gasteiger partial charge is 0.251 e. The van der Waals surface area contributed by atoms with E-state index in [9.17, 15) is 9.90 Å². The molecule has 0 bridgehead atoms. The van der Waals surface area contributed by atoms with Crippen LogP contribution in [0, 0.1) is 0 Å². The fourth-order valence-electron chi connectivity index (χ4n) is 2.22. The van der Waals surface area contributed by atoms with Gasteiger partial charge in [-0.2, -0.15) is 0 Å². The Kier molecular flexibility index (Phi) is 4.28. The van der Waals surface area contributed by atoms with Gasteiger partial charge < -0.3 is 16.2 Å².